The highest BCUT2D eigenvalue weighted by atomic mass is 16.5. The van der Waals surface area contributed by atoms with Gasteiger partial charge in [0.1, 0.15) is 5.71 Å². The standard InChI is InChI=1S/C19H26N2O4/c1-5-13(3)12-25-18(22)16-11-17(19(23)24-6-2)21(20-16)15-9-7-14(4)8-10-15/h7-10,13,17H,5-6,11-12H2,1-4H3/t13-,17-/m0/s1. The van der Waals surface area contributed by atoms with Crippen LogP contribution in [-0.2, 0) is 19.1 Å². The van der Waals surface area contributed by atoms with Gasteiger partial charge in [0.15, 0.2) is 6.04 Å². The van der Waals surface area contributed by atoms with E-state index in [1.54, 1.807) is 11.9 Å². The second kappa shape index (κ2) is 8.65. The Hall–Kier alpha value is -2.37. The van der Waals surface area contributed by atoms with Crippen molar-refractivity contribution in [3.63, 3.8) is 0 Å². The molecule has 1 aromatic rings. The SMILES string of the molecule is CCOC(=O)[C@@H]1CC(C(=O)OC[C@@H](C)CC)=NN1c1ccc(C)cc1. The van der Waals surface area contributed by atoms with Gasteiger partial charge in [0, 0.05) is 6.42 Å². The molecule has 1 aliphatic rings. The summed E-state index contributed by atoms with van der Waals surface area (Å²) in [5.41, 5.74) is 2.10. The summed E-state index contributed by atoms with van der Waals surface area (Å²) in [5.74, 6) is -0.569. The molecule has 0 saturated heterocycles. The number of rotatable bonds is 7. The van der Waals surface area contributed by atoms with Gasteiger partial charge in [0.25, 0.3) is 0 Å². The lowest BCUT2D eigenvalue weighted by atomic mass is 10.1. The van der Waals surface area contributed by atoms with E-state index in [-0.39, 0.29) is 18.7 Å². The number of anilines is 1. The molecule has 0 fully saturated rings. The fourth-order valence-corrected chi connectivity index (χ4v) is 2.41. The van der Waals surface area contributed by atoms with E-state index >= 15 is 0 Å². The summed E-state index contributed by atoms with van der Waals surface area (Å²) >= 11 is 0. The monoisotopic (exact) mass is 346 g/mol. The number of aryl methyl sites for hydroxylation is 1. The van der Waals surface area contributed by atoms with Crippen LogP contribution in [0.5, 0.6) is 0 Å². The van der Waals surface area contributed by atoms with Crippen molar-refractivity contribution in [1.29, 1.82) is 0 Å². The maximum Gasteiger partial charge on any atom is 0.354 e. The number of hydrogen-bond acceptors (Lipinski definition) is 6. The molecule has 0 amide bonds. The zero-order valence-electron chi connectivity index (χ0n) is 15.3. The maximum atomic E-state index is 12.3. The quantitative estimate of drug-likeness (QED) is 0.710. The van der Waals surface area contributed by atoms with Crippen LogP contribution in [0.25, 0.3) is 0 Å². The third kappa shape index (κ3) is 4.81. The smallest absolute Gasteiger partial charge is 0.354 e. The third-order valence-electron chi connectivity index (χ3n) is 4.20. The van der Waals surface area contributed by atoms with Crippen molar-refractivity contribution in [3.8, 4) is 0 Å². The highest BCUT2D eigenvalue weighted by Crippen LogP contribution is 2.26. The lowest BCUT2D eigenvalue weighted by Gasteiger charge is -2.21. The fourth-order valence-electron chi connectivity index (χ4n) is 2.41. The molecule has 0 radical (unpaired) electrons. The van der Waals surface area contributed by atoms with E-state index in [0.29, 0.717) is 12.5 Å². The van der Waals surface area contributed by atoms with Crippen LogP contribution in [0.1, 0.15) is 39.2 Å². The molecule has 2 atom stereocenters. The summed E-state index contributed by atoms with van der Waals surface area (Å²) in [4.78, 5) is 24.6. The van der Waals surface area contributed by atoms with Crippen LogP contribution in [0.15, 0.2) is 29.4 Å². The highest BCUT2D eigenvalue weighted by Gasteiger charge is 2.37. The molecular weight excluding hydrogens is 320 g/mol. The van der Waals surface area contributed by atoms with E-state index in [4.69, 9.17) is 9.47 Å². The normalized spacial score (nSPS) is 17.8. The molecule has 0 unspecified atom stereocenters. The van der Waals surface area contributed by atoms with Gasteiger partial charge in [-0.15, -0.1) is 0 Å². The highest BCUT2D eigenvalue weighted by molar-refractivity contribution is 6.38. The third-order valence-corrected chi connectivity index (χ3v) is 4.20. The summed E-state index contributed by atoms with van der Waals surface area (Å²) in [5, 5.41) is 5.90. The van der Waals surface area contributed by atoms with Crippen LogP contribution in [0.3, 0.4) is 0 Å². The van der Waals surface area contributed by atoms with Gasteiger partial charge in [-0.1, -0.05) is 38.0 Å². The van der Waals surface area contributed by atoms with Crippen LogP contribution < -0.4 is 5.01 Å². The Balaban J connectivity index is 2.18. The van der Waals surface area contributed by atoms with Gasteiger partial charge in [0.2, 0.25) is 0 Å². The van der Waals surface area contributed by atoms with Crippen molar-refractivity contribution in [2.45, 2.75) is 46.6 Å². The van der Waals surface area contributed by atoms with Gasteiger partial charge in [0.05, 0.1) is 18.9 Å². The second-order valence-corrected chi connectivity index (χ2v) is 6.31. The fraction of sp³-hybridized carbons (Fsp3) is 0.526. The Morgan fingerprint density at radius 2 is 1.92 bits per heavy atom. The summed E-state index contributed by atoms with van der Waals surface area (Å²) in [7, 11) is 0. The Bertz CT molecular complexity index is 639. The summed E-state index contributed by atoms with van der Waals surface area (Å²) in [6.07, 6.45) is 1.12. The molecule has 1 aromatic carbocycles. The minimum Gasteiger partial charge on any atom is -0.464 e. The maximum absolute atomic E-state index is 12.3. The number of ether oxygens (including phenoxy) is 2. The second-order valence-electron chi connectivity index (χ2n) is 6.31. The molecule has 2 rings (SSSR count). The number of hydrazone groups is 1. The summed E-state index contributed by atoms with van der Waals surface area (Å²) < 4.78 is 10.5. The number of carbonyl (C=O) groups excluding carboxylic acids is 2. The van der Waals surface area contributed by atoms with E-state index in [2.05, 4.69) is 5.10 Å². The molecule has 6 nitrogen and oxygen atoms in total. The van der Waals surface area contributed by atoms with Gasteiger partial charge in [-0.05, 0) is 31.9 Å². The van der Waals surface area contributed by atoms with Crippen molar-refractivity contribution in [1.82, 2.24) is 0 Å². The molecule has 0 aromatic heterocycles. The zero-order chi connectivity index (χ0) is 18.4. The molecule has 1 heterocycles. The number of benzene rings is 1. The average Bonchev–Trinajstić information content (AvgIpc) is 3.05. The molecule has 0 N–H and O–H groups in total. The topological polar surface area (TPSA) is 68.2 Å². The first-order valence-corrected chi connectivity index (χ1v) is 8.73. The van der Waals surface area contributed by atoms with Crippen LogP contribution in [-0.4, -0.2) is 36.9 Å². The summed E-state index contributed by atoms with van der Waals surface area (Å²) in [6.45, 7) is 8.43. The number of nitrogens with zero attached hydrogens (tertiary/aromatic N) is 2. The van der Waals surface area contributed by atoms with Gasteiger partial charge >= 0.3 is 11.9 Å². The molecule has 25 heavy (non-hydrogen) atoms. The summed E-state index contributed by atoms with van der Waals surface area (Å²) in [6, 6.07) is 6.98. The van der Waals surface area contributed by atoms with Crippen molar-refractivity contribution in [3.05, 3.63) is 29.8 Å². The lowest BCUT2D eigenvalue weighted by molar-refractivity contribution is -0.144. The first kappa shape index (κ1) is 19.0. The predicted molar refractivity (Wildman–Crippen MR) is 96.5 cm³/mol. The predicted octanol–water partition coefficient (Wildman–Crippen LogP) is 3.08. The van der Waals surface area contributed by atoms with Gasteiger partial charge < -0.3 is 9.47 Å². The van der Waals surface area contributed by atoms with Crippen LogP contribution in [0.4, 0.5) is 5.69 Å². The Kier molecular flexibility index (Phi) is 6.56. The molecule has 0 aliphatic carbocycles. The Labute approximate surface area is 148 Å². The first-order chi connectivity index (χ1) is 12.0. The van der Waals surface area contributed by atoms with Crippen LogP contribution >= 0.6 is 0 Å². The van der Waals surface area contributed by atoms with E-state index in [1.807, 2.05) is 45.0 Å². The average molecular weight is 346 g/mol. The van der Waals surface area contributed by atoms with Crippen molar-refractivity contribution < 1.29 is 19.1 Å². The zero-order valence-corrected chi connectivity index (χ0v) is 15.3. The van der Waals surface area contributed by atoms with Crippen LogP contribution in [0.2, 0.25) is 0 Å². The lowest BCUT2D eigenvalue weighted by Crippen LogP contribution is -2.36. The van der Waals surface area contributed by atoms with Gasteiger partial charge in [-0.2, -0.15) is 5.10 Å². The molecule has 0 bridgehead atoms. The molecule has 0 saturated carbocycles. The Morgan fingerprint density at radius 1 is 1.24 bits per heavy atom. The van der Waals surface area contributed by atoms with Gasteiger partial charge in [-0.3, -0.25) is 5.01 Å². The van der Waals surface area contributed by atoms with E-state index in [9.17, 15) is 9.59 Å². The van der Waals surface area contributed by atoms with Crippen LogP contribution in [0, 0.1) is 12.8 Å². The largest absolute Gasteiger partial charge is 0.464 e. The molecular formula is C19H26N2O4. The first-order valence-electron chi connectivity index (χ1n) is 8.73. The van der Waals surface area contributed by atoms with Crippen molar-refractivity contribution >= 4 is 23.3 Å². The van der Waals surface area contributed by atoms with Crippen molar-refractivity contribution in [2.24, 2.45) is 11.0 Å². The van der Waals surface area contributed by atoms with E-state index < -0.39 is 18.0 Å². The van der Waals surface area contributed by atoms with E-state index in [1.165, 1.54) is 0 Å². The molecule has 1 aliphatic heterocycles. The van der Waals surface area contributed by atoms with Crippen molar-refractivity contribution in [2.75, 3.05) is 18.2 Å². The number of carbonyl (C=O) groups is 2. The molecule has 136 valence electrons. The minimum atomic E-state index is -0.645. The Morgan fingerprint density at radius 3 is 2.52 bits per heavy atom. The molecule has 0 spiro atoms. The molecule has 6 heteroatoms. The number of hydrogen-bond donors (Lipinski definition) is 0. The minimum absolute atomic E-state index is 0.187. The van der Waals surface area contributed by atoms with E-state index in [0.717, 1.165) is 17.7 Å². The van der Waals surface area contributed by atoms with Gasteiger partial charge in [-0.25, -0.2) is 9.59 Å². The number of esters is 2.